The van der Waals surface area contributed by atoms with Gasteiger partial charge in [0, 0.05) is 39.1 Å². The molecule has 1 atom stereocenters. The second-order valence-corrected chi connectivity index (χ2v) is 6.28. The van der Waals surface area contributed by atoms with Crippen LogP contribution >= 0.6 is 0 Å². The molecule has 112 valence electrons. The Balaban J connectivity index is 1.67. The summed E-state index contributed by atoms with van der Waals surface area (Å²) in [6, 6.07) is 10.4. The lowest BCUT2D eigenvalue weighted by molar-refractivity contribution is 0.0318. The van der Waals surface area contributed by atoms with E-state index in [0.29, 0.717) is 6.42 Å². The van der Waals surface area contributed by atoms with Crippen LogP contribution in [0.5, 0.6) is 0 Å². The highest BCUT2D eigenvalue weighted by Gasteiger charge is 2.30. The predicted molar refractivity (Wildman–Crippen MR) is 87.1 cm³/mol. The SMILES string of the molecule is CN1CCN(CC2(O)C=CC=C(c3ccccc3)C2)CC1. The number of hydrogen-bond acceptors (Lipinski definition) is 3. The van der Waals surface area contributed by atoms with Gasteiger partial charge in [-0.05, 0) is 18.2 Å². The molecule has 1 fully saturated rings. The molecule has 1 unspecified atom stereocenters. The van der Waals surface area contributed by atoms with Gasteiger partial charge in [-0.25, -0.2) is 0 Å². The average Bonchev–Trinajstić information content (AvgIpc) is 2.50. The average molecular weight is 284 g/mol. The van der Waals surface area contributed by atoms with Crippen molar-refractivity contribution in [2.45, 2.75) is 12.0 Å². The summed E-state index contributed by atoms with van der Waals surface area (Å²) in [6.07, 6.45) is 6.77. The van der Waals surface area contributed by atoms with Crippen molar-refractivity contribution in [1.82, 2.24) is 9.80 Å². The zero-order chi connectivity index (χ0) is 14.7. The van der Waals surface area contributed by atoms with Gasteiger partial charge in [0.1, 0.15) is 0 Å². The van der Waals surface area contributed by atoms with Gasteiger partial charge in [-0.15, -0.1) is 0 Å². The van der Waals surface area contributed by atoms with E-state index in [1.54, 1.807) is 0 Å². The van der Waals surface area contributed by atoms with E-state index in [-0.39, 0.29) is 0 Å². The zero-order valence-corrected chi connectivity index (χ0v) is 12.7. The van der Waals surface area contributed by atoms with E-state index in [2.05, 4.69) is 35.1 Å². The van der Waals surface area contributed by atoms with E-state index >= 15 is 0 Å². The molecule has 3 heteroatoms. The Kier molecular flexibility index (Phi) is 4.24. The fourth-order valence-electron chi connectivity index (χ4n) is 3.14. The maximum absolute atomic E-state index is 10.9. The van der Waals surface area contributed by atoms with Gasteiger partial charge in [-0.2, -0.15) is 0 Å². The Labute approximate surface area is 127 Å². The summed E-state index contributed by atoms with van der Waals surface area (Å²) < 4.78 is 0. The molecule has 1 aliphatic carbocycles. The van der Waals surface area contributed by atoms with Crippen molar-refractivity contribution in [2.75, 3.05) is 39.8 Å². The number of rotatable bonds is 3. The molecule has 0 amide bonds. The summed E-state index contributed by atoms with van der Waals surface area (Å²) in [6.45, 7) is 4.97. The quantitative estimate of drug-likeness (QED) is 0.920. The summed E-state index contributed by atoms with van der Waals surface area (Å²) in [7, 11) is 2.16. The highest BCUT2D eigenvalue weighted by Crippen LogP contribution is 2.30. The lowest BCUT2D eigenvalue weighted by atomic mass is 9.86. The molecule has 2 aliphatic rings. The summed E-state index contributed by atoms with van der Waals surface area (Å²) in [5.74, 6) is 0. The van der Waals surface area contributed by atoms with Gasteiger partial charge in [0.2, 0.25) is 0 Å². The number of piperazine rings is 1. The highest BCUT2D eigenvalue weighted by atomic mass is 16.3. The van der Waals surface area contributed by atoms with Gasteiger partial charge < -0.3 is 10.0 Å². The first-order chi connectivity index (χ1) is 10.1. The molecule has 3 nitrogen and oxygen atoms in total. The van der Waals surface area contributed by atoms with Gasteiger partial charge in [0.25, 0.3) is 0 Å². The molecule has 1 aliphatic heterocycles. The van der Waals surface area contributed by atoms with Crippen molar-refractivity contribution >= 4 is 5.57 Å². The monoisotopic (exact) mass is 284 g/mol. The van der Waals surface area contributed by atoms with Crippen molar-refractivity contribution in [2.24, 2.45) is 0 Å². The van der Waals surface area contributed by atoms with Crippen LogP contribution in [0.3, 0.4) is 0 Å². The molecule has 21 heavy (non-hydrogen) atoms. The maximum atomic E-state index is 10.9. The first-order valence-corrected chi connectivity index (χ1v) is 7.72. The number of hydrogen-bond donors (Lipinski definition) is 1. The Morgan fingerprint density at radius 3 is 2.52 bits per heavy atom. The largest absolute Gasteiger partial charge is 0.384 e. The van der Waals surface area contributed by atoms with Crippen LogP contribution in [0.4, 0.5) is 0 Å². The number of β-amino-alcohol motifs (C(OH)–C–C–N with tert-alkyl or cyclic N) is 1. The number of aliphatic hydroxyl groups is 1. The summed E-state index contributed by atoms with van der Waals surface area (Å²) in [5, 5.41) is 10.9. The van der Waals surface area contributed by atoms with Gasteiger partial charge in [-0.1, -0.05) is 48.6 Å². The molecule has 1 N–H and O–H groups in total. The molecule has 0 spiro atoms. The summed E-state index contributed by atoms with van der Waals surface area (Å²) >= 11 is 0. The third-order valence-corrected chi connectivity index (χ3v) is 4.44. The molecule has 1 heterocycles. The Morgan fingerprint density at radius 2 is 1.81 bits per heavy atom. The third kappa shape index (κ3) is 3.62. The zero-order valence-electron chi connectivity index (χ0n) is 12.7. The van der Waals surface area contributed by atoms with Gasteiger partial charge in [0.05, 0.1) is 5.60 Å². The molecule has 0 aromatic heterocycles. The lowest BCUT2D eigenvalue weighted by Gasteiger charge is -2.38. The molecular weight excluding hydrogens is 260 g/mol. The van der Waals surface area contributed by atoms with Crippen molar-refractivity contribution in [3.63, 3.8) is 0 Å². The van der Waals surface area contributed by atoms with Crippen molar-refractivity contribution in [1.29, 1.82) is 0 Å². The van der Waals surface area contributed by atoms with Crippen LogP contribution in [0.1, 0.15) is 12.0 Å². The van der Waals surface area contributed by atoms with E-state index in [1.165, 1.54) is 11.1 Å². The third-order valence-electron chi connectivity index (χ3n) is 4.44. The molecule has 0 saturated carbocycles. The normalized spacial score (nSPS) is 27.6. The minimum absolute atomic E-state index is 0.694. The molecule has 0 bridgehead atoms. The molecule has 0 radical (unpaired) electrons. The number of nitrogens with zero attached hydrogens (tertiary/aromatic N) is 2. The molecule has 1 aromatic carbocycles. The van der Waals surface area contributed by atoms with Crippen LogP contribution in [0.2, 0.25) is 0 Å². The number of allylic oxidation sites excluding steroid dienone is 2. The standard InChI is InChI=1S/C18H24N2O/c1-19-10-12-20(13-11-19)15-18(21)9-5-8-17(14-18)16-6-3-2-4-7-16/h2-9,21H,10-15H2,1H3. The lowest BCUT2D eigenvalue weighted by Crippen LogP contribution is -2.50. The van der Waals surface area contributed by atoms with E-state index in [1.807, 2.05) is 30.4 Å². The van der Waals surface area contributed by atoms with Gasteiger partial charge in [-0.3, -0.25) is 4.90 Å². The van der Waals surface area contributed by atoms with Crippen molar-refractivity contribution in [3.8, 4) is 0 Å². The maximum Gasteiger partial charge on any atom is 0.0997 e. The second kappa shape index (κ2) is 6.14. The highest BCUT2D eigenvalue weighted by molar-refractivity contribution is 5.69. The number of benzene rings is 1. The fraction of sp³-hybridized carbons (Fsp3) is 0.444. The van der Waals surface area contributed by atoms with Crippen LogP contribution < -0.4 is 0 Å². The first-order valence-electron chi connectivity index (χ1n) is 7.72. The van der Waals surface area contributed by atoms with Gasteiger partial charge >= 0.3 is 0 Å². The molecule has 1 aromatic rings. The van der Waals surface area contributed by atoms with E-state index in [0.717, 1.165) is 32.7 Å². The fourth-order valence-corrected chi connectivity index (χ4v) is 3.14. The van der Waals surface area contributed by atoms with E-state index in [4.69, 9.17) is 0 Å². The molecular formula is C18H24N2O. The minimum atomic E-state index is -0.740. The first kappa shape index (κ1) is 14.5. The van der Waals surface area contributed by atoms with Crippen LogP contribution in [-0.4, -0.2) is 60.3 Å². The van der Waals surface area contributed by atoms with Crippen LogP contribution in [-0.2, 0) is 0 Å². The van der Waals surface area contributed by atoms with E-state index in [9.17, 15) is 5.11 Å². The van der Waals surface area contributed by atoms with Crippen molar-refractivity contribution < 1.29 is 5.11 Å². The topological polar surface area (TPSA) is 26.7 Å². The van der Waals surface area contributed by atoms with Crippen molar-refractivity contribution in [3.05, 3.63) is 54.1 Å². The van der Waals surface area contributed by atoms with E-state index < -0.39 is 5.60 Å². The van der Waals surface area contributed by atoms with Crippen LogP contribution in [0, 0.1) is 0 Å². The Bertz CT molecular complexity index is 529. The Hall–Kier alpha value is -1.42. The number of likely N-dealkylation sites (N-methyl/N-ethyl adjacent to an activating group) is 1. The van der Waals surface area contributed by atoms with Gasteiger partial charge in [0.15, 0.2) is 0 Å². The van der Waals surface area contributed by atoms with Crippen LogP contribution in [0.15, 0.2) is 48.6 Å². The smallest absolute Gasteiger partial charge is 0.0997 e. The molecule has 3 rings (SSSR count). The summed E-state index contributed by atoms with van der Waals surface area (Å²) in [5.41, 5.74) is 1.68. The molecule has 1 saturated heterocycles. The predicted octanol–water partition coefficient (Wildman–Crippen LogP) is 2.01. The minimum Gasteiger partial charge on any atom is -0.384 e. The summed E-state index contributed by atoms with van der Waals surface area (Å²) in [4.78, 5) is 4.71. The Morgan fingerprint density at radius 1 is 1.10 bits per heavy atom. The second-order valence-electron chi connectivity index (χ2n) is 6.28. The van der Waals surface area contributed by atoms with Crippen LogP contribution in [0.25, 0.3) is 5.57 Å².